The molecule has 2 heterocycles. The van der Waals surface area contributed by atoms with E-state index in [0.717, 1.165) is 10.5 Å². The summed E-state index contributed by atoms with van der Waals surface area (Å²) >= 11 is 1.63. The van der Waals surface area contributed by atoms with Crippen LogP contribution in [-0.4, -0.2) is 38.6 Å². The number of carbonyl (C=O) groups excluding carboxylic acids is 1. The number of aryl methyl sites for hydroxylation is 1. The van der Waals surface area contributed by atoms with Crippen molar-refractivity contribution in [2.24, 2.45) is 0 Å². The van der Waals surface area contributed by atoms with Crippen molar-refractivity contribution in [2.45, 2.75) is 43.8 Å². The van der Waals surface area contributed by atoms with Crippen LogP contribution in [0.2, 0.25) is 0 Å². The highest BCUT2D eigenvalue weighted by molar-refractivity contribution is 7.98. The number of rotatable bonds is 5. The number of carbonyl (C=O) groups is 1. The molecule has 2 aromatic rings. The summed E-state index contributed by atoms with van der Waals surface area (Å²) in [6, 6.07) is 7.91. The van der Waals surface area contributed by atoms with Gasteiger partial charge in [0.25, 0.3) is 5.56 Å². The maximum absolute atomic E-state index is 12.7. The Hall–Kier alpha value is -2.12. The Balaban J connectivity index is 1.90. The number of hydrogen-bond acceptors (Lipinski definition) is 6. The Kier molecular flexibility index (Phi) is 4.94. The summed E-state index contributed by atoms with van der Waals surface area (Å²) in [5.41, 5.74) is -0.0785. The maximum atomic E-state index is 12.7. The van der Waals surface area contributed by atoms with Gasteiger partial charge in [0.05, 0.1) is 12.2 Å². The van der Waals surface area contributed by atoms with Gasteiger partial charge in [-0.15, -0.1) is 11.8 Å². The molecule has 1 aliphatic heterocycles. The molecule has 0 saturated carbocycles. The molecule has 1 N–H and O–H groups in total. The molecule has 3 rings (SSSR count). The lowest BCUT2D eigenvalue weighted by atomic mass is 10.0. The minimum absolute atomic E-state index is 0.119. The molecule has 0 spiro atoms. The van der Waals surface area contributed by atoms with Crippen LogP contribution in [0.3, 0.4) is 0 Å². The number of hydrogen-bond donors (Lipinski definition) is 1. The van der Waals surface area contributed by atoms with Crippen molar-refractivity contribution in [3.05, 3.63) is 51.7 Å². The Labute approximate surface area is 156 Å². The van der Waals surface area contributed by atoms with Crippen molar-refractivity contribution in [2.75, 3.05) is 13.3 Å². The molecular weight excluding hydrogens is 350 g/mol. The lowest BCUT2D eigenvalue weighted by Crippen LogP contribution is -2.32. The molecule has 26 heavy (non-hydrogen) atoms. The van der Waals surface area contributed by atoms with E-state index in [2.05, 4.69) is 4.98 Å². The van der Waals surface area contributed by atoms with E-state index in [1.54, 1.807) is 11.8 Å². The summed E-state index contributed by atoms with van der Waals surface area (Å²) in [4.78, 5) is 32.6. The number of fused-ring (bicyclic) bond motifs is 1. The molecule has 0 atom stereocenters. The first-order valence-electron chi connectivity index (χ1n) is 8.48. The summed E-state index contributed by atoms with van der Waals surface area (Å²) in [6.07, 6.45) is 2.73. The Morgan fingerprint density at radius 3 is 2.73 bits per heavy atom. The van der Waals surface area contributed by atoms with E-state index in [0.29, 0.717) is 18.9 Å². The lowest BCUT2D eigenvalue weighted by Gasteiger charge is -2.25. The molecule has 0 unspecified atom stereocenters. The van der Waals surface area contributed by atoms with Crippen molar-refractivity contribution in [1.82, 2.24) is 14.5 Å². The first kappa shape index (κ1) is 18.7. The Bertz CT molecular complexity index is 921. The van der Waals surface area contributed by atoms with Crippen LogP contribution in [0.25, 0.3) is 0 Å². The van der Waals surface area contributed by atoms with Gasteiger partial charge in [-0.25, -0.2) is 4.98 Å². The Morgan fingerprint density at radius 1 is 1.35 bits per heavy atom. The number of nitrogens with zero attached hydrogens (tertiary/aromatic N) is 3. The second kappa shape index (κ2) is 6.89. The van der Waals surface area contributed by atoms with E-state index in [9.17, 15) is 14.7 Å². The highest BCUT2D eigenvalue weighted by Crippen LogP contribution is 2.32. The quantitative estimate of drug-likeness (QED) is 0.641. The van der Waals surface area contributed by atoms with Crippen LogP contribution in [0.5, 0.6) is 5.75 Å². The summed E-state index contributed by atoms with van der Waals surface area (Å²) in [6.45, 7) is 4.23. The molecule has 0 amide bonds. The van der Waals surface area contributed by atoms with Gasteiger partial charge in [0.1, 0.15) is 5.82 Å². The number of aromatic hydroxyl groups is 1. The summed E-state index contributed by atoms with van der Waals surface area (Å²) in [7, 11) is 1.88. The zero-order valence-electron chi connectivity index (χ0n) is 15.4. The zero-order valence-corrected chi connectivity index (χ0v) is 16.3. The minimum atomic E-state index is -0.555. The van der Waals surface area contributed by atoms with E-state index in [1.165, 1.54) is 4.57 Å². The molecule has 0 radical (unpaired) electrons. The second-order valence-electron chi connectivity index (χ2n) is 7.00. The van der Waals surface area contributed by atoms with Gasteiger partial charge in [-0.05, 0) is 45.2 Å². The molecule has 6 nitrogen and oxygen atoms in total. The largest absolute Gasteiger partial charge is 0.501 e. The third kappa shape index (κ3) is 3.05. The van der Waals surface area contributed by atoms with Crippen LogP contribution in [0.15, 0.2) is 34.0 Å². The minimum Gasteiger partial charge on any atom is -0.501 e. The molecule has 7 heteroatoms. The van der Waals surface area contributed by atoms with E-state index in [-0.39, 0.29) is 17.9 Å². The molecule has 0 bridgehead atoms. The van der Waals surface area contributed by atoms with Gasteiger partial charge in [0, 0.05) is 11.3 Å². The molecule has 1 aromatic carbocycles. The van der Waals surface area contributed by atoms with Crippen LogP contribution >= 0.6 is 11.8 Å². The lowest BCUT2D eigenvalue weighted by molar-refractivity contribution is 0.0973. The molecule has 0 aliphatic carbocycles. The summed E-state index contributed by atoms with van der Waals surface area (Å²) in [5, 5.41) is 10.2. The first-order chi connectivity index (χ1) is 12.3. The fraction of sp³-hybridized carbons (Fsp3) is 0.421. The van der Waals surface area contributed by atoms with Crippen molar-refractivity contribution in [3.8, 4) is 5.75 Å². The van der Waals surface area contributed by atoms with Crippen LogP contribution in [0.1, 0.15) is 42.1 Å². The molecule has 138 valence electrons. The third-order valence-electron chi connectivity index (χ3n) is 5.08. The van der Waals surface area contributed by atoms with E-state index in [1.807, 2.05) is 56.3 Å². The zero-order chi connectivity index (χ0) is 19.1. The highest BCUT2D eigenvalue weighted by Gasteiger charge is 2.39. The van der Waals surface area contributed by atoms with Gasteiger partial charge in [-0.2, -0.15) is 0 Å². The number of thioether (sulfide) groups is 1. The Morgan fingerprint density at radius 2 is 2.04 bits per heavy atom. The van der Waals surface area contributed by atoms with Gasteiger partial charge in [-0.3, -0.25) is 19.1 Å². The summed E-state index contributed by atoms with van der Waals surface area (Å²) in [5.74, 6) is -0.358. The first-order valence-corrected chi connectivity index (χ1v) is 9.70. The fourth-order valence-corrected chi connectivity index (χ4v) is 3.82. The van der Waals surface area contributed by atoms with Crippen molar-refractivity contribution < 1.29 is 9.90 Å². The van der Waals surface area contributed by atoms with Gasteiger partial charge in [-0.1, -0.05) is 18.2 Å². The average Bonchev–Trinajstić information content (AvgIpc) is 2.85. The topological polar surface area (TPSA) is 75.4 Å². The van der Waals surface area contributed by atoms with Crippen molar-refractivity contribution in [1.29, 1.82) is 0 Å². The molecule has 0 saturated heterocycles. The average molecular weight is 373 g/mol. The summed E-state index contributed by atoms with van der Waals surface area (Å²) < 4.78 is 1.43. The fourth-order valence-electron chi connectivity index (χ4n) is 3.17. The predicted octanol–water partition coefficient (Wildman–Crippen LogP) is 2.62. The molecule has 0 fully saturated rings. The SMILES string of the molecule is CSc1ccccc1CCC(=O)c1nc2n(c(=O)c1O)CN(C)C2(C)C. The van der Waals surface area contributed by atoms with Gasteiger partial charge in [0.2, 0.25) is 5.75 Å². The van der Waals surface area contributed by atoms with Gasteiger partial charge in [0.15, 0.2) is 11.5 Å². The van der Waals surface area contributed by atoms with Crippen molar-refractivity contribution in [3.63, 3.8) is 0 Å². The number of Topliss-reactive ketones (excluding diaryl/α,β-unsaturated/α-hetero) is 1. The van der Waals surface area contributed by atoms with Gasteiger partial charge < -0.3 is 5.11 Å². The second-order valence-corrected chi connectivity index (χ2v) is 7.85. The monoisotopic (exact) mass is 373 g/mol. The van der Waals surface area contributed by atoms with Crippen LogP contribution in [0.4, 0.5) is 0 Å². The normalized spacial score (nSPS) is 15.8. The van der Waals surface area contributed by atoms with Crippen LogP contribution < -0.4 is 5.56 Å². The van der Waals surface area contributed by atoms with E-state index >= 15 is 0 Å². The molecule has 1 aliphatic rings. The van der Waals surface area contributed by atoms with Gasteiger partial charge >= 0.3 is 0 Å². The third-order valence-corrected chi connectivity index (χ3v) is 5.92. The predicted molar refractivity (Wildman–Crippen MR) is 102 cm³/mol. The smallest absolute Gasteiger partial charge is 0.297 e. The van der Waals surface area contributed by atoms with E-state index in [4.69, 9.17) is 0 Å². The molecular formula is C19H23N3O3S. The standard InChI is InChI=1S/C19H23N3O3S/c1-19(2)18-20-15(16(24)17(25)22(18)11-21(19)3)13(23)10-9-12-7-5-6-8-14(12)26-4/h5-8,24H,9-11H2,1-4H3. The van der Waals surface area contributed by atoms with Crippen LogP contribution in [-0.2, 0) is 18.6 Å². The number of ketones is 1. The van der Waals surface area contributed by atoms with Crippen LogP contribution in [0, 0.1) is 0 Å². The van der Waals surface area contributed by atoms with E-state index < -0.39 is 16.8 Å². The van der Waals surface area contributed by atoms with Crippen molar-refractivity contribution >= 4 is 17.5 Å². The number of aromatic nitrogens is 2. The molecule has 1 aromatic heterocycles. The maximum Gasteiger partial charge on any atom is 0.297 e. The number of benzene rings is 1. The highest BCUT2D eigenvalue weighted by atomic mass is 32.2.